The van der Waals surface area contributed by atoms with Gasteiger partial charge < -0.3 is 24.2 Å². The van der Waals surface area contributed by atoms with Crippen molar-refractivity contribution < 1.29 is 49.6 Å². The molecule has 0 amide bonds. The Morgan fingerprint density at radius 1 is 0.545 bits per heavy atom. The Labute approximate surface area is 191 Å². The van der Waals surface area contributed by atoms with Gasteiger partial charge in [0.1, 0.15) is 33.0 Å². The van der Waals surface area contributed by atoms with Crippen LogP contribution in [0.1, 0.15) is 13.3 Å². The topological polar surface area (TPSA) is 262 Å². The molecule has 0 N–H and O–H groups in total. The fourth-order valence-electron chi connectivity index (χ4n) is 1.96. The second kappa shape index (κ2) is 14.7. The standard InChI is InChI=1S/C11H19N5O15S2/c1-2-10(3-27-12(17)18,4-28-13(19)20)8-32-33-9-11(5-29-14(21)22,6-30-15(23)24)7-31-16(25)26/h2-9H2,1H3. The summed E-state index contributed by atoms with van der Waals surface area (Å²) in [5.74, 6) is -0.312. The molecule has 190 valence electrons. The van der Waals surface area contributed by atoms with E-state index in [9.17, 15) is 50.6 Å². The van der Waals surface area contributed by atoms with Crippen LogP contribution in [0.25, 0.3) is 0 Å². The summed E-state index contributed by atoms with van der Waals surface area (Å²) in [6.45, 7) is -2.11. The average molecular weight is 525 g/mol. The summed E-state index contributed by atoms with van der Waals surface area (Å²) < 4.78 is 0. The monoisotopic (exact) mass is 525 g/mol. The molecule has 0 rings (SSSR count). The van der Waals surface area contributed by atoms with E-state index in [0.29, 0.717) is 0 Å². The summed E-state index contributed by atoms with van der Waals surface area (Å²) in [5.41, 5.74) is -2.93. The molecule has 0 unspecified atom stereocenters. The van der Waals surface area contributed by atoms with Crippen molar-refractivity contribution in [3.63, 3.8) is 0 Å². The molecule has 0 atom stereocenters. The van der Waals surface area contributed by atoms with Gasteiger partial charge in [-0.1, -0.05) is 28.5 Å². The van der Waals surface area contributed by atoms with Gasteiger partial charge in [-0.25, -0.2) is 0 Å². The Morgan fingerprint density at radius 2 is 0.788 bits per heavy atom. The number of hydrogen-bond acceptors (Lipinski definition) is 17. The molecule has 0 aliphatic carbocycles. The average Bonchev–Trinajstić information content (AvgIpc) is 2.73. The van der Waals surface area contributed by atoms with E-state index in [4.69, 9.17) is 0 Å². The van der Waals surface area contributed by atoms with Crippen LogP contribution in [0.2, 0.25) is 0 Å². The van der Waals surface area contributed by atoms with Crippen LogP contribution in [0, 0.1) is 61.4 Å². The molecule has 0 aliphatic heterocycles. The van der Waals surface area contributed by atoms with Crippen LogP contribution in [0.5, 0.6) is 0 Å². The lowest BCUT2D eigenvalue weighted by Crippen LogP contribution is -2.41. The maximum absolute atomic E-state index is 10.6. The van der Waals surface area contributed by atoms with E-state index in [1.54, 1.807) is 6.92 Å². The fraction of sp³-hybridized carbons (Fsp3) is 1.00. The third-order valence-corrected chi connectivity index (χ3v) is 6.78. The summed E-state index contributed by atoms with van der Waals surface area (Å²) in [6, 6.07) is 0. The highest BCUT2D eigenvalue weighted by molar-refractivity contribution is 8.76. The molecular formula is C11H19N5O15S2. The van der Waals surface area contributed by atoms with Crippen LogP contribution in [0.15, 0.2) is 0 Å². The lowest BCUT2D eigenvalue weighted by molar-refractivity contribution is -0.781. The lowest BCUT2D eigenvalue weighted by atomic mass is 9.89. The van der Waals surface area contributed by atoms with Gasteiger partial charge in [0.2, 0.25) is 0 Å². The summed E-state index contributed by atoms with van der Waals surface area (Å²) in [4.78, 5) is 74.1. The molecule has 0 saturated heterocycles. The van der Waals surface area contributed by atoms with E-state index in [-0.39, 0.29) is 17.9 Å². The van der Waals surface area contributed by atoms with Crippen molar-refractivity contribution in [3.8, 4) is 0 Å². The van der Waals surface area contributed by atoms with E-state index >= 15 is 0 Å². The molecule has 33 heavy (non-hydrogen) atoms. The normalized spacial score (nSPS) is 11.2. The van der Waals surface area contributed by atoms with Gasteiger partial charge in [0, 0.05) is 16.9 Å². The third kappa shape index (κ3) is 13.7. The van der Waals surface area contributed by atoms with E-state index in [1.807, 2.05) is 0 Å². The van der Waals surface area contributed by atoms with Gasteiger partial charge in [0.25, 0.3) is 25.4 Å². The fourth-order valence-corrected chi connectivity index (χ4v) is 5.25. The van der Waals surface area contributed by atoms with E-state index in [1.165, 1.54) is 0 Å². The van der Waals surface area contributed by atoms with Crippen LogP contribution < -0.4 is 0 Å². The largest absolute Gasteiger partial charge is 0.313 e. The van der Waals surface area contributed by atoms with E-state index in [2.05, 4.69) is 24.2 Å². The summed E-state index contributed by atoms with van der Waals surface area (Å²) >= 11 is 0. The van der Waals surface area contributed by atoms with Gasteiger partial charge >= 0.3 is 0 Å². The minimum Gasteiger partial charge on any atom is -0.313 e. The first-order chi connectivity index (χ1) is 15.4. The van der Waals surface area contributed by atoms with Crippen LogP contribution in [0.4, 0.5) is 0 Å². The van der Waals surface area contributed by atoms with Crippen molar-refractivity contribution in [2.75, 3.05) is 44.5 Å². The molecule has 0 saturated carbocycles. The maximum Gasteiger partial charge on any atom is 0.294 e. The zero-order chi connectivity index (χ0) is 25.5. The SMILES string of the molecule is CCC(CO[N+](=O)[O-])(CO[N+](=O)[O-])CSSCC(CO[N+](=O)[O-])(CO[N+](=O)[O-])CO[N+](=O)[O-]. The van der Waals surface area contributed by atoms with Gasteiger partial charge in [0.15, 0.2) is 0 Å². The second-order valence-electron chi connectivity index (χ2n) is 6.36. The lowest BCUT2D eigenvalue weighted by Gasteiger charge is -2.32. The first kappa shape index (κ1) is 29.7. The zero-order valence-corrected chi connectivity index (χ0v) is 18.5. The van der Waals surface area contributed by atoms with Crippen LogP contribution >= 0.6 is 21.6 Å². The molecule has 0 radical (unpaired) electrons. The molecule has 0 bridgehead atoms. The molecule has 0 aromatic carbocycles. The molecule has 0 spiro atoms. The van der Waals surface area contributed by atoms with Crippen LogP contribution in [-0.4, -0.2) is 70.0 Å². The predicted molar refractivity (Wildman–Crippen MR) is 105 cm³/mol. The van der Waals surface area contributed by atoms with Crippen LogP contribution in [0.3, 0.4) is 0 Å². The molecule has 0 fully saturated rings. The van der Waals surface area contributed by atoms with Gasteiger partial charge in [-0.2, -0.15) is 0 Å². The Balaban J connectivity index is 5.36. The van der Waals surface area contributed by atoms with Gasteiger partial charge in [0.05, 0.1) is 5.41 Å². The van der Waals surface area contributed by atoms with Crippen molar-refractivity contribution in [1.82, 2.24) is 0 Å². The molecule has 0 aliphatic rings. The molecule has 20 nitrogen and oxygen atoms in total. The van der Waals surface area contributed by atoms with Crippen molar-refractivity contribution in [2.24, 2.45) is 10.8 Å². The summed E-state index contributed by atoms with van der Waals surface area (Å²) in [6.07, 6.45) is 0.146. The molecular weight excluding hydrogens is 506 g/mol. The van der Waals surface area contributed by atoms with E-state index in [0.717, 1.165) is 21.6 Å². The smallest absolute Gasteiger partial charge is 0.294 e. The Kier molecular flexibility index (Phi) is 13.2. The van der Waals surface area contributed by atoms with Crippen molar-refractivity contribution in [2.45, 2.75) is 13.3 Å². The highest BCUT2D eigenvalue weighted by Gasteiger charge is 2.37. The first-order valence-electron chi connectivity index (χ1n) is 8.46. The van der Waals surface area contributed by atoms with Gasteiger partial charge in [-0.3, -0.25) is 0 Å². The third-order valence-electron chi connectivity index (χ3n) is 3.94. The summed E-state index contributed by atoms with van der Waals surface area (Å²) in [7, 11) is 1.84. The predicted octanol–water partition coefficient (Wildman–Crippen LogP) is 0.792. The number of hydrogen-bond donors (Lipinski definition) is 0. The Morgan fingerprint density at radius 3 is 1.03 bits per heavy atom. The maximum atomic E-state index is 10.6. The second-order valence-corrected chi connectivity index (χ2v) is 8.83. The van der Waals surface area contributed by atoms with Gasteiger partial charge in [-0.05, 0) is 6.42 Å². The molecule has 22 heteroatoms. The van der Waals surface area contributed by atoms with Crippen molar-refractivity contribution >= 4 is 21.6 Å². The highest BCUT2D eigenvalue weighted by atomic mass is 33.1. The molecule has 0 heterocycles. The zero-order valence-electron chi connectivity index (χ0n) is 16.8. The van der Waals surface area contributed by atoms with Crippen molar-refractivity contribution in [1.29, 1.82) is 0 Å². The van der Waals surface area contributed by atoms with Crippen LogP contribution in [-0.2, 0) is 24.2 Å². The van der Waals surface area contributed by atoms with Crippen molar-refractivity contribution in [3.05, 3.63) is 50.6 Å². The minimum absolute atomic E-state index is 0.0335. The molecule has 0 aromatic heterocycles. The van der Waals surface area contributed by atoms with Gasteiger partial charge in [-0.15, -0.1) is 50.6 Å². The van der Waals surface area contributed by atoms with E-state index < -0.39 is 69.3 Å². The summed E-state index contributed by atoms with van der Waals surface area (Å²) in [5, 5.41) is 46.9. The Hall–Kier alpha value is -3.30. The quantitative estimate of drug-likeness (QED) is 0.0867. The Bertz CT molecular complexity index is 634. The highest BCUT2D eigenvalue weighted by Crippen LogP contribution is 2.38. The number of rotatable bonds is 21. The number of nitrogens with zero attached hydrogens (tertiary/aromatic N) is 5. The minimum atomic E-state index is -1.73. The first-order valence-corrected chi connectivity index (χ1v) is 10.9. The molecule has 0 aromatic rings.